The van der Waals surface area contributed by atoms with Crippen LogP contribution in [-0.2, 0) is 14.3 Å². The number of allylic oxidation sites excluding steroid dienone is 2. The Morgan fingerprint density at radius 1 is 1.48 bits per heavy atom. The molecule has 4 heteroatoms. The molecule has 1 spiro atoms. The highest BCUT2D eigenvalue weighted by molar-refractivity contribution is 5.96. The monoisotopic (exact) mass is 289 g/mol. The first kappa shape index (κ1) is 13.5. The summed E-state index contributed by atoms with van der Waals surface area (Å²) >= 11 is 0. The zero-order valence-electron chi connectivity index (χ0n) is 12.7. The first-order valence-corrected chi connectivity index (χ1v) is 7.99. The Bertz CT molecular complexity index is 570. The van der Waals surface area contributed by atoms with Crippen molar-refractivity contribution < 1.29 is 14.3 Å². The van der Waals surface area contributed by atoms with Gasteiger partial charge in [-0.1, -0.05) is 13.0 Å². The van der Waals surface area contributed by atoms with Crippen LogP contribution in [0.3, 0.4) is 0 Å². The number of carbonyl (C=O) groups excluding carboxylic acids is 2. The standard InChI is InChI=1S/C17H23NO3/c1-15(5-4-13(18)20)12(19)3-6-17-8-10-7-11(14(15)17)21-16(10,2)9-17/h3,6,10-11,14H,4-5,7-9H2,1-2H3,(H2,18,20)/t10-,11+,14+,15-,16+,17+/m1/s1. The number of rotatable bonds is 3. The lowest BCUT2D eigenvalue weighted by molar-refractivity contribution is -0.169. The fourth-order valence-corrected chi connectivity index (χ4v) is 6.02. The Labute approximate surface area is 125 Å². The number of nitrogens with two attached hydrogens (primary N) is 1. The molecule has 0 unspecified atom stereocenters. The van der Waals surface area contributed by atoms with Crippen LogP contribution in [0.4, 0.5) is 0 Å². The van der Waals surface area contributed by atoms with Gasteiger partial charge in [-0.2, -0.15) is 0 Å². The van der Waals surface area contributed by atoms with Crippen molar-refractivity contribution in [3.8, 4) is 0 Å². The van der Waals surface area contributed by atoms with Gasteiger partial charge in [0.15, 0.2) is 5.78 Å². The van der Waals surface area contributed by atoms with Crippen molar-refractivity contribution in [2.75, 3.05) is 0 Å². The molecular weight excluding hydrogens is 266 g/mol. The minimum atomic E-state index is -0.509. The first-order chi connectivity index (χ1) is 9.79. The SMILES string of the molecule is C[C@]12C[C@@]34C=CC(=O)[C@@](C)(CCC(N)=O)[C@@H]3[C@H](C[C@@H]1C4)O2. The number of ketones is 1. The van der Waals surface area contributed by atoms with Gasteiger partial charge in [-0.05, 0) is 50.0 Å². The van der Waals surface area contributed by atoms with Gasteiger partial charge in [0.25, 0.3) is 0 Å². The zero-order valence-corrected chi connectivity index (χ0v) is 12.7. The summed E-state index contributed by atoms with van der Waals surface area (Å²) in [4.78, 5) is 23.8. The molecule has 0 aromatic heterocycles. The predicted octanol–water partition coefficient (Wildman–Crippen LogP) is 1.97. The number of primary amides is 1. The fraction of sp³-hybridized carbons (Fsp3) is 0.765. The summed E-state index contributed by atoms with van der Waals surface area (Å²) < 4.78 is 6.35. The van der Waals surface area contributed by atoms with Crippen molar-refractivity contribution >= 4 is 11.7 Å². The maximum atomic E-state index is 12.6. The molecule has 4 fully saturated rings. The van der Waals surface area contributed by atoms with Crippen LogP contribution in [0.2, 0.25) is 0 Å². The van der Waals surface area contributed by atoms with Gasteiger partial charge >= 0.3 is 0 Å². The molecule has 5 rings (SSSR count). The summed E-state index contributed by atoms with van der Waals surface area (Å²) in [7, 11) is 0. The number of carbonyl (C=O) groups is 2. The van der Waals surface area contributed by atoms with Crippen LogP contribution >= 0.6 is 0 Å². The number of hydrogen-bond acceptors (Lipinski definition) is 3. The summed E-state index contributed by atoms with van der Waals surface area (Å²) in [5, 5.41) is 0. The van der Waals surface area contributed by atoms with Gasteiger partial charge in [-0.15, -0.1) is 0 Å². The Balaban J connectivity index is 1.75. The highest BCUT2D eigenvalue weighted by Crippen LogP contribution is 2.71. The number of ether oxygens (including phenoxy) is 1. The maximum Gasteiger partial charge on any atom is 0.217 e. The molecule has 114 valence electrons. The number of amides is 1. The molecule has 2 saturated heterocycles. The van der Waals surface area contributed by atoms with Gasteiger partial charge in [0, 0.05) is 17.8 Å². The van der Waals surface area contributed by atoms with Crippen LogP contribution in [0.25, 0.3) is 0 Å². The Hall–Kier alpha value is -1.16. The molecule has 3 aliphatic carbocycles. The minimum absolute atomic E-state index is 0.00348. The van der Waals surface area contributed by atoms with Crippen molar-refractivity contribution in [1.82, 2.24) is 0 Å². The molecule has 2 heterocycles. The fourth-order valence-electron chi connectivity index (χ4n) is 6.02. The van der Waals surface area contributed by atoms with Crippen LogP contribution in [0.1, 0.15) is 46.0 Å². The summed E-state index contributed by atoms with van der Waals surface area (Å²) in [5.74, 6) is 0.639. The highest BCUT2D eigenvalue weighted by atomic mass is 16.5. The van der Waals surface area contributed by atoms with Gasteiger partial charge in [0.05, 0.1) is 11.7 Å². The normalized spacial score (nSPS) is 53.2. The topological polar surface area (TPSA) is 69.4 Å². The molecule has 2 saturated carbocycles. The molecule has 4 bridgehead atoms. The molecule has 2 aliphatic heterocycles. The van der Waals surface area contributed by atoms with Crippen LogP contribution in [0, 0.1) is 22.7 Å². The van der Waals surface area contributed by atoms with Gasteiger partial charge in [0.2, 0.25) is 5.91 Å². The van der Waals surface area contributed by atoms with Crippen LogP contribution in [-0.4, -0.2) is 23.4 Å². The smallest absolute Gasteiger partial charge is 0.217 e. The largest absolute Gasteiger partial charge is 0.371 e. The van der Waals surface area contributed by atoms with Crippen molar-refractivity contribution in [2.45, 2.75) is 57.7 Å². The van der Waals surface area contributed by atoms with Crippen molar-refractivity contribution in [1.29, 1.82) is 0 Å². The molecule has 0 radical (unpaired) electrons. The maximum absolute atomic E-state index is 12.6. The molecular formula is C17H23NO3. The van der Waals surface area contributed by atoms with Gasteiger partial charge in [0.1, 0.15) is 0 Å². The lowest BCUT2D eigenvalue weighted by Gasteiger charge is -2.55. The second kappa shape index (κ2) is 3.78. The van der Waals surface area contributed by atoms with E-state index in [1.807, 2.05) is 6.92 Å². The highest BCUT2D eigenvalue weighted by Gasteiger charge is 2.71. The van der Waals surface area contributed by atoms with E-state index in [0.717, 1.165) is 19.3 Å². The second-order valence-corrected chi connectivity index (χ2v) is 8.07. The molecule has 0 aromatic carbocycles. The molecule has 2 N–H and O–H groups in total. The predicted molar refractivity (Wildman–Crippen MR) is 77.2 cm³/mol. The third-order valence-electron chi connectivity index (χ3n) is 6.81. The molecule has 21 heavy (non-hydrogen) atoms. The summed E-state index contributed by atoms with van der Waals surface area (Å²) in [6.07, 6.45) is 8.12. The molecule has 5 aliphatic rings. The quantitative estimate of drug-likeness (QED) is 0.863. The first-order valence-electron chi connectivity index (χ1n) is 7.99. The van der Waals surface area contributed by atoms with E-state index < -0.39 is 5.41 Å². The van der Waals surface area contributed by atoms with Crippen LogP contribution < -0.4 is 5.73 Å². The lowest BCUT2D eigenvalue weighted by Crippen LogP contribution is -2.56. The van der Waals surface area contributed by atoms with Crippen molar-refractivity contribution in [3.63, 3.8) is 0 Å². The van der Waals surface area contributed by atoms with Gasteiger partial charge in [-0.25, -0.2) is 0 Å². The lowest BCUT2D eigenvalue weighted by atomic mass is 9.51. The minimum Gasteiger partial charge on any atom is -0.371 e. The van der Waals surface area contributed by atoms with E-state index in [-0.39, 0.29) is 41.1 Å². The molecule has 4 nitrogen and oxygen atoms in total. The van der Waals surface area contributed by atoms with Crippen LogP contribution in [0.15, 0.2) is 12.2 Å². The van der Waals surface area contributed by atoms with Gasteiger partial charge in [-0.3, -0.25) is 9.59 Å². The van der Waals surface area contributed by atoms with Crippen molar-refractivity contribution in [3.05, 3.63) is 12.2 Å². The Morgan fingerprint density at radius 3 is 2.90 bits per heavy atom. The van der Waals surface area contributed by atoms with E-state index in [0.29, 0.717) is 12.3 Å². The Kier molecular flexibility index (Phi) is 2.43. The van der Waals surface area contributed by atoms with Crippen molar-refractivity contribution in [2.24, 2.45) is 28.4 Å². The average Bonchev–Trinajstić information content (AvgIpc) is 2.75. The molecule has 0 aromatic rings. The summed E-state index contributed by atoms with van der Waals surface area (Å²) in [6.45, 7) is 4.25. The third-order valence-corrected chi connectivity index (χ3v) is 6.81. The van der Waals surface area contributed by atoms with Gasteiger partial charge < -0.3 is 10.5 Å². The summed E-state index contributed by atoms with van der Waals surface area (Å²) in [6, 6.07) is 0. The van der Waals surface area contributed by atoms with E-state index in [9.17, 15) is 9.59 Å². The van der Waals surface area contributed by atoms with Crippen LogP contribution in [0.5, 0.6) is 0 Å². The molecule has 6 atom stereocenters. The van der Waals surface area contributed by atoms with E-state index in [1.54, 1.807) is 6.08 Å². The average molecular weight is 289 g/mol. The molecule has 1 amide bonds. The summed E-state index contributed by atoms with van der Waals surface area (Å²) in [5.41, 5.74) is 4.91. The third kappa shape index (κ3) is 1.54. The van der Waals surface area contributed by atoms with E-state index in [4.69, 9.17) is 10.5 Å². The van der Waals surface area contributed by atoms with E-state index in [1.165, 1.54) is 0 Å². The van der Waals surface area contributed by atoms with E-state index >= 15 is 0 Å². The Morgan fingerprint density at radius 2 is 2.24 bits per heavy atom. The second-order valence-electron chi connectivity index (χ2n) is 8.07. The van der Waals surface area contributed by atoms with E-state index in [2.05, 4.69) is 13.0 Å². The zero-order chi connectivity index (χ0) is 15.0. The number of hydrogen-bond donors (Lipinski definition) is 1.